The molecule has 0 aliphatic rings. The predicted molar refractivity (Wildman–Crippen MR) is 49.6 cm³/mol. The van der Waals surface area contributed by atoms with Gasteiger partial charge in [-0.2, -0.15) is 0 Å². The molecular formula is C11H12O. The number of benzene rings is 1. The van der Waals surface area contributed by atoms with Crippen molar-refractivity contribution in [1.29, 1.82) is 0 Å². The van der Waals surface area contributed by atoms with E-state index < -0.39 is 0 Å². The molecule has 0 saturated heterocycles. The van der Waals surface area contributed by atoms with Gasteiger partial charge in [0.1, 0.15) is 0 Å². The van der Waals surface area contributed by atoms with Gasteiger partial charge >= 0.3 is 0 Å². The van der Waals surface area contributed by atoms with E-state index in [1.54, 1.807) is 7.11 Å². The summed E-state index contributed by atoms with van der Waals surface area (Å²) in [5.74, 6) is 2.59. The van der Waals surface area contributed by atoms with Gasteiger partial charge in [-0.25, -0.2) is 0 Å². The lowest BCUT2D eigenvalue weighted by atomic mass is 10.1. The molecule has 0 spiro atoms. The molecule has 0 radical (unpaired) electrons. The lowest BCUT2D eigenvalue weighted by Gasteiger charge is -2.11. The second-order valence-corrected chi connectivity index (χ2v) is 2.54. The molecule has 12 heavy (non-hydrogen) atoms. The Labute approximate surface area is 73.4 Å². The Balaban J connectivity index is 2.75. The molecule has 0 aliphatic carbocycles. The highest BCUT2D eigenvalue weighted by Gasteiger charge is 2.06. The Bertz CT molecular complexity index is 258. The number of ether oxygens (including phenoxy) is 1. The second kappa shape index (κ2) is 4.58. The predicted octanol–water partition coefficient (Wildman–Crippen LogP) is 2.40. The van der Waals surface area contributed by atoms with Gasteiger partial charge in [0.05, 0.1) is 6.10 Å². The van der Waals surface area contributed by atoms with E-state index in [1.807, 2.05) is 30.3 Å². The van der Waals surface area contributed by atoms with E-state index in [0.29, 0.717) is 6.42 Å². The Morgan fingerprint density at radius 3 is 2.58 bits per heavy atom. The maximum absolute atomic E-state index is 5.23. The third-order valence-corrected chi connectivity index (χ3v) is 1.76. The lowest BCUT2D eigenvalue weighted by molar-refractivity contribution is 0.108. The maximum Gasteiger partial charge on any atom is 0.0930 e. The monoisotopic (exact) mass is 160 g/mol. The van der Waals surface area contributed by atoms with Crippen molar-refractivity contribution >= 4 is 0 Å². The number of hydrogen-bond donors (Lipinski definition) is 0. The van der Waals surface area contributed by atoms with E-state index >= 15 is 0 Å². The molecule has 0 saturated carbocycles. The highest BCUT2D eigenvalue weighted by molar-refractivity contribution is 5.18. The van der Waals surface area contributed by atoms with Gasteiger partial charge < -0.3 is 4.74 Å². The highest BCUT2D eigenvalue weighted by atomic mass is 16.5. The zero-order valence-corrected chi connectivity index (χ0v) is 7.16. The molecule has 1 heteroatoms. The van der Waals surface area contributed by atoms with Crippen molar-refractivity contribution in [2.45, 2.75) is 12.5 Å². The van der Waals surface area contributed by atoms with Crippen LogP contribution >= 0.6 is 0 Å². The molecule has 0 amide bonds. The number of rotatable bonds is 3. The van der Waals surface area contributed by atoms with Gasteiger partial charge in [0, 0.05) is 13.5 Å². The van der Waals surface area contributed by atoms with Crippen LogP contribution in [-0.4, -0.2) is 7.11 Å². The summed E-state index contributed by atoms with van der Waals surface area (Å²) >= 11 is 0. The van der Waals surface area contributed by atoms with Crippen molar-refractivity contribution in [3.63, 3.8) is 0 Å². The second-order valence-electron chi connectivity index (χ2n) is 2.54. The van der Waals surface area contributed by atoms with Crippen LogP contribution in [-0.2, 0) is 4.74 Å². The fraction of sp³-hybridized carbons (Fsp3) is 0.273. The summed E-state index contributed by atoms with van der Waals surface area (Å²) in [5, 5.41) is 0. The Morgan fingerprint density at radius 2 is 2.08 bits per heavy atom. The molecule has 62 valence electrons. The summed E-state index contributed by atoms with van der Waals surface area (Å²) in [4.78, 5) is 0. The first-order valence-corrected chi connectivity index (χ1v) is 3.89. The van der Waals surface area contributed by atoms with E-state index in [1.165, 1.54) is 0 Å². The van der Waals surface area contributed by atoms with Gasteiger partial charge in [-0.05, 0) is 5.56 Å². The average Bonchev–Trinajstić information content (AvgIpc) is 2.15. The van der Waals surface area contributed by atoms with Crippen LogP contribution < -0.4 is 0 Å². The fourth-order valence-corrected chi connectivity index (χ4v) is 1.11. The van der Waals surface area contributed by atoms with Crippen LogP contribution in [0.4, 0.5) is 0 Å². The van der Waals surface area contributed by atoms with Crippen LogP contribution in [0.2, 0.25) is 0 Å². The standard InChI is InChI=1S/C11H12O/c1-3-7-11(12-2)10-8-5-4-6-9-10/h1,4-6,8-9,11H,7H2,2H3/t11-/m1/s1. The summed E-state index contributed by atoms with van der Waals surface area (Å²) in [6, 6.07) is 9.98. The molecule has 0 heterocycles. The third kappa shape index (κ3) is 2.11. The number of hydrogen-bond acceptors (Lipinski definition) is 1. The first kappa shape index (κ1) is 8.83. The molecule has 0 aromatic heterocycles. The van der Waals surface area contributed by atoms with Crippen molar-refractivity contribution in [2.75, 3.05) is 7.11 Å². The van der Waals surface area contributed by atoms with Crippen LogP contribution in [0.3, 0.4) is 0 Å². The van der Waals surface area contributed by atoms with Gasteiger partial charge in [0.15, 0.2) is 0 Å². The van der Waals surface area contributed by atoms with Crippen molar-refractivity contribution in [3.05, 3.63) is 35.9 Å². The molecule has 1 aromatic rings. The summed E-state index contributed by atoms with van der Waals surface area (Å²) in [5.41, 5.74) is 1.14. The minimum Gasteiger partial charge on any atom is -0.376 e. The van der Waals surface area contributed by atoms with Crippen molar-refractivity contribution in [2.24, 2.45) is 0 Å². The lowest BCUT2D eigenvalue weighted by Crippen LogP contribution is -1.99. The summed E-state index contributed by atoms with van der Waals surface area (Å²) < 4.78 is 5.23. The van der Waals surface area contributed by atoms with Crippen LogP contribution in [0, 0.1) is 12.3 Å². The topological polar surface area (TPSA) is 9.23 Å². The van der Waals surface area contributed by atoms with Gasteiger partial charge in [-0.3, -0.25) is 0 Å². The van der Waals surface area contributed by atoms with Crippen LogP contribution in [0.5, 0.6) is 0 Å². The molecular weight excluding hydrogens is 148 g/mol. The highest BCUT2D eigenvalue weighted by Crippen LogP contribution is 2.18. The van der Waals surface area contributed by atoms with Crippen LogP contribution in [0.1, 0.15) is 18.1 Å². The van der Waals surface area contributed by atoms with E-state index in [-0.39, 0.29) is 6.10 Å². The number of terminal acetylenes is 1. The van der Waals surface area contributed by atoms with Crippen molar-refractivity contribution in [1.82, 2.24) is 0 Å². The largest absolute Gasteiger partial charge is 0.376 e. The van der Waals surface area contributed by atoms with Gasteiger partial charge in [-0.1, -0.05) is 30.3 Å². The molecule has 1 rings (SSSR count). The Kier molecular flexibility index (Phi) is 3.37. The normalized spacial score (nSPS) is 12.0. The van der Waals surface area contributed by atoms with Crippen molar-refractivity contribution < 1.29 is 4.74 Å². The molecule has 0 N–H and O–H groups in total. The van der Waals surface area contributed by atoms with Crippen LogP contribution in [0.15, 0.2) is 30.3 Å². The summed E-state index contributed by atoms with van der Waals surface area (Å²) in [6.07, 6.45) is 5.88. The molecule has 0 aliphatic heterocycles. The van der Waals surface area contributed by atoms with Crippen molar-refractivity contribution in [3.8, 4) is 12.3 Å². The summed E-state index contributed by atoms with van der Waals surface area (Å²) in [6.45, 7) is 0. The van der Waals surface area contributed by atoms with Crippen LogP contribution in [0.25, 0.3) is 0 Å². The van der Waals surface area contributed by atoms with Gasteiger partial charge in [0.2, 0.25) is 0 Å². The van der Waals surface area contributed by atoms with E-state index in [0.717, 1.165) is 5.56 Å². The minimum absolute atomic E-state index is 0.0381. The first-order valence-electron chi connectivity index (χ1n) is 3.89. The van der Waals surface area contributed by atoms with E-state index in [4.69, 9.17) is 11.2 Å². The van der Waals surface area contributed by atoms with E-state index in [2.05, 4.69) is 5.92 Å². The SMILES string of the molecule is C#CC[C@@H](OC)c1ccccc1. The molecule has 0 fully saturated rings. The summed E-state index contributed by atoms with van der Waals surface area (Å²) in [7, 11) is 1.68. The minimum atomic E-state index is 0.0381. The molecule has 1 atom stereocenters. The third-order valence-electron chi connectivity index (χ3n) is 1.76. The van der Waals surface area contributed by atoms with Gasteiger partial charge in [-0.15, -0.1) is 12.3 Å². The molecule has 0 bridgehead atoms. The quantitative estimate of drug-likeness (QED) is 0.617. The number of methoxy groups -OCH3 is 1. The smallest absolute Gasteiger partial charge is 0.0930 e. The Morgan fingerprint density at radius 1 is 1.42 bits per heavy atom. The molecule has 1 nitrogen and oxygen atoms in total. The maximum atomic E-state index is 5.23. The zero-order valence-electron chi connectivity index (χ0n) is 7.16. The zero-order chi connectivity index (χ0) is 8.81. The first-order chi connectivity index (χ1) is 5.88. The average molecular weight is 160 g/mol. The fourth-order valence-electron chi connectivity index (χ4n) is 1.11. The van der Waals surface area contributed by atoms with Gasteiger partial charge in [0.25, 0.3) is 0 Å². The van der Waals surface area contributed by atoms with E-state index in [9.17, 15) is 0 Å². The Hall–Kier alpha value is -1.26. The molecule has 1 aromatic carbocycles. The molecule has 0 unspecified atom stereocenters.